The summed E-state index contributed by atoms with van der Waals surface area (Å²) in [5.41, 5.74) is 2.72. The van der Waals surface area contributed by atoms with Gasteiger partial charge in [-0.25, -0.2) is 4.79 Å². The molecule has 0 aromatic heterocycles. The van der Waals surface area contributed by atoms with Gasteiger partial charge in [0.25, 0.3) is 0 Å². The average Bonchev–Trinajstić information content (AvgIpc) is 3.06. The van der Waals surface area contributed by atoms with E-state index in [1.165, 1.54) is 45.5 Å². The Kier molecular flexibility index (Phi) is 9.03. The number of methoxy groups -OCH3 is 4. The lowest BCUT2D eigenvalue weighted by atomic mass is 9.77. The van der Waals surface area contributed by atoms with Crippen molar-refractivity contribution in [1.82, 2.24) is 0 Å². The lowest BCUT2D eigenvalue weighted by molar-refractivity contribution is -0.385. The zero-order chi connectivity index (χ0) is 32.1. The highest BCUT2D eigenvalue weighted by Gasteiger charge is 2.50. The van der Waals surface area contributed by atoms with Crippen molar-refractivity contribution in [3.05, 3.63) is 112 Å². The summed E-state index contributed by atoms with van der Waals surface area (Å²) in [7, 11) is 5.77. The normalized spacial score (nSPS) is 15.5. The number of rotatable bonds is 11. The van der Waals surface area contributed by atoms with Gasteiger partial charge in [-0.3, -0.25) is 20.2 Å². The van der Waals surface area contributed by atoms with Gasteiger partial charge in [0, 0.05) is 23.9 Å². The highest BCUT2D eigenvalue weighted by Crippen LogP contribution is 2.52. The van der Waals surface area contributed by atoms with Crippen molar-refractivity contribution in [2.24, 2.45) is 0 Å². The van der Waals surface area contributed by atoms with E-state index in [1.807, 2.05) is 30.3 Å². The number of nitro groups is 1. The Morgan fingerprint density at radius 3 is 2.02 bits per heavy atom. The first kappa shape index (κ1) is 30.7. The molecule has 1 heterocycles. The predicted molar refractivity (Wildman–Crippen MR) is 165 cm³/mol. The number of nitrogens with one attached hydrogen (secondary N) is 1. The van der Waals surface area contributed by atoms with Crippen LogP contribution in [-0.4, -0.2) is 45.4 Å². The fraction of sp³-hybridized carbons (Fsp3) is 0.212. The lowest BCUT2D eigenvalue weighted by Crippen LogP contribution is -2.53. The first-order valence-electron chi connectivity index (χ1n) is 13.8. The molecule has 0 spiro atoms. The summed E-state index contributed by atoms with van der Waals surface area (Å²) < 4.78 is 26.9. The van der Waals surface area contributed by atoms with Crippen molar-refractivity contribution in [3.63, 3.8) is 0 Å². The van der Waals surface area contributed by atoms with Crippen LogP contribution in [0.3, 0.4) is 0 Å². The van der Waals surface area contributed by atoms with E-state index >= 15 is 0 Å². The monoisotopic (exact) mass is 613 g/mol. The summed E-state index contributed by atoms with van der Waals surface area (Å²) in [4.78, 5) is 39.1. The first-order valence-corrected chi connectivity index (χ1v) is 13.8. The largest absolute Gasteiger partial charge is 0.493 e. The van der Waals surface area contributed by atoms with Gasteiger partial charge < -0.3 is 28.6 Å². The van der Waals surface area contributed by atoms with Crippen LogP contribution in [0, 0.1) is 10.1 Å². The van der Waals surface area contributed by atoms with E-state index in [0.717, 1.165) is 5.56 Å². The minimum Gasteiger partial charge on any atom is -0.493 e. The van der Waals surface area contributed by atoms with Crippen LogP contribution in [0.15, 0.2) is 84.9 Å². The molecule has 1 aliphatic heterocycles. The summed E-state index contributed by atoms with van der Waals surface area (Å²) in [6.45, 7) is 0.119. The fourth-order valence-electron chi connectivity index (χ4n) is 5.33. The number of hydrogen-bond acceptors (Lipinski definition) is 9. The maximum Gasteiger partial charge on any atom is 0.411 e. The molecule has 232 valence electrons. The summed E-state index contributed by atoms with van der Waals surface area (Å²) >= 11 is 0. The molecule has 45 heavy (non-hydrogen) atoms. The number of nitro benzene ring substituents is 1. The summed E-state index contributed by atoms with van der Waals surface area (Å²) in [5.74, 6) is 0.191. The molecule has 0 unspecified atom stereocenters. The highest BCUT2D eigenvalue weighted by atomic mass is 16.6. The molecule has 0 radical (unpaired) electrons. The molecule has 1 saturated heterocycles. The van der Waals surface area contributed by atoms with Gasteiger partial charge in [0.2, 0.25) is 11.7 Å². The van der Waals surface area contributed by atoms with Gasteiger partial charge >= 0.3 is 11.8 Å². The number of amides is 2. The second-order valence-corrected chi connectivity index (χ2v) is 10.0. The van der Waals surface area contributed by atoms with E-state index in [1.54, 1.807) is 42.5 Å². The number of carbonyl (C=O) groups excluding carboxylic acids is 2. The standard InChI is InChI=1S/C33H31N3O9/c1-41-26-15-12-22(16-25(26)36(39)40)30-29(32(37)35(30)24-17-27(42-2)31(44-4)28(18-24)43-3)21-10-13-23(14-11-21)34-33(38)45-19-20-8-6-5-7-9-20/h5-18,29-30H,19H2,1-4H3,(H,34,38)/t29-,30-/m1/s1. The minimum atomic E-state index is -0.698. The Morgan fingerprint density at radius 2 is 1.44 bits per heavy atom. The third-order valence-corrected chi connectivity index (χ3v) is 7.50. The molecule has 1 aliphatic rings. The quantitative estimate of drug-likeness (QED) is 0.118. The molecule has 12 heteroatoms. The Hall–Kier alpha value is -5.78. The van der Waals surface area contributed by atoms with E-state index in [2.05, 4.69) is 5.32 Å². The van der Waals surface area contributed by atoms with Crippen LogP contribution >= 0.6 is 0 Å². The summed E-state index contributed by atoms with van der Waals surface area (Å²) in [6, 6.07) is 23.4. The third-order valence-electron chi connectivity index (χ3n) is 7.50. The Morgan fingerprint density at radius 1 is 0.822 bits per heavy atom. The van der Waals surface area contributed by atoms with Gasteiger partial charge in [-0.1, -0.05) is 48.5 Å². The van der Waals surface area contributed by atoms with Crippen molar-refractivity contribution >= 4 is 29.1 Å². The topological polar surface area (TPSA) is 139 Å². The highest BCUT2D eigenvalue weighted by molar-refractivity contribution is 6.07. The van der Waals surface area contributed by atoms with E-state index in [9.17, 15) is 19.7 Å². The van der Waals surface area contributed by atoms with Gasteiger partial charge in [-0.05, 0) is 34.9 Å². The van der Waals surface area contributed by atoms with Crippen LogP contribution in [-0.2, 0) is 16.1 Å². The van der Waals surface area contributed by atoms with Gasteiger partial charge in [-0.15, -0.1) is 0 Å². The van der Waals surface area contributed by atoms with E-state index in [4.69, 9.17) is 23.7 Å². The number of ether oxygens (including phenoxy) is 5. The van der Waals surface area contributed by atoms with Crippen LogP contribution in [0.5, 0.6) is 23.0 Å². The first-order chi connectivity index (χ1) is 21.8. The third kappa shape index (κ3) is 6.16. The molecular weight excluding hydrogens is 582 g/mol. The van der Waals surface area contributed by atoms with Crippen molar-refractivity contribution in [1.29, 1.82) is 0 Å². The van der Waals surface area contributed by atoms with Gasteiger partial charge in [0.05, 0.1) is 51.0 Å². The molecule has 0 aliphatic carbocycles. The predicted octanol–water partition coefficient (Wildman–Crippen LogP) is 6.25. The Bertz CT molecular complexity index is 1690. The number of anilines is 2. The fourth-order valence-corrected chi connectivity index (χ4v) is 5.33. The zero-order valence-electron chi connectivity index (χ0n) is 25.0. The second kappa shape index (κ2) is 13.2. The van der Waals surface area contributed by atoms with Crippen LogP contribution in [0.4, 0.5) is 21.9 Å². The number of hydrogen-bond donors (Lipinski definition) is 1. The molecule has 4 aromatic carbocycles. The zero-order valence-corrected chi connectivity index (χ0v) is 25.0. The van der Waals surface area contributed by atoms with E-state index in [0.29, 0.717) is 39.8 Å². The molecule has 4 aromatic rings. The molecule has 2 atom stereocenters. The molecule has 0 saturated carbocycles. The molecule has 0 bridgehead atoms. The lowest BCUT2D eigenvalue weighted by Gasteiger charge is -2.47. The second-order valence-electron chi connectivity index (χ2n) is 10.0. The maximum atomic E-state index is 13.9. The smallest absolute Gasteiger partial charge is 0.411 e. The molecular formula is C33H31N3O9. The van der Waals surface area contributed by atoms with Crippen molar-refractivity contribution in [2.75, 3.05) is 38.7 Å². The summed E-state index contributed by atoms with van der Waals surface area (Å²) in [5, 5.41) is 14.6. The number of nitrogens with zero attached hydrogens (tertiary/aromatic N) is 2. The van der Waals surface area contributed by atoms with Gasteiger partial charge in [0.15, 0.2) is 17.2 Å². The summed E-state index contributed by atoms with van der Waals surface area (Å²) in [6.07, 6.45) is -0.622. The van der Waals surface area contributed by atoms with Crippen LogP contribution in [0.2, 0.25) is 0 Å². The van der Waals surface area contributed by atoms with Gasteiger partial charge in [-0.2, -0.15) is 0 Å². The molecule has 1 fully saturated rings. The van der Waals surface area contributed by atoms with Crippen molar-refractivity contribution < 1.29 is 38.2 Å². The van der Waals surface area contributed by atoms with E-state index in [-0.39, 0.29) is 24.0 Å². The SMILES string of the molecule is COc1ccc([C@@H]2[C@@H](c3ccc(NC(=O)OCc4ccccc4)cc3)C(=O)N2c2cc(OC)c(OC)c(OC)c2)cc1[N+](=O)[O-]. The van der Waals surface area contributed by atoms with Crippen LogP contribution in [0.25, 0.3) is 0 Å². The molecule has 1 N–H and O–H groups in total. The number of carbonyl (C=O) groups is 2. The average molecular weight is 614 g/mol. The Balaban J connectivity index is 1.46. The Labute approximate surface area is 259 Å². The molecule has 12 nitrogen and oxygen atoms in total. The van der Waals surface area contributed by atoms with Gasteiger partial charge in [0.1, 0.15) is 6.61 Å². The van der Waals surface area contributed by atoms with E-state index < -0.39 is 23.0 Å². The minimum absolute atomic E-state index is 0.0971. The molecule has 2 amide bonds. The maximum absolute atomic E-state index is 13.9. The molecule has 5 rings (SSSR count). The number of benzene rings is 4. The van der Waals surface area contributed by atoms with Crippen molar-refractivity contribution in [3.8, 4) is 23.0 Å². The van der Waals surface area contributed by atoms with Crippen LogP contribution < -0.4 is 29.2 Å². The number of β-lactam (4-membered cyclic amide) rings is 1. The van der Waals surface area contributed by atoms with Crippen molar-refractivity contribution in [2.45, 2.75) is 18.6 Å². The van der Waals surface area contributed by atoms with Crippen LogP contribution in [0.1, 0.15) is 28.7 Å².